The molecule has 0 spiro atoms. The number of anilines is 1. The molecule has 1 N–H and O–H groups in total. The van der Waals surface area contributed by atoms with Crippen molar-refractivity contribution < 1.29 is 9.90 Å². The second-order valence-electron chi connectivity index (χ2n) is 5.79. The van der Waals surface area contributed by atoms with Gasteiger partial charge < -0.3 is 10.0 Å². The summed E-state index contributed by atoms with van der Waals surface area (Å²) in [7, 11) is 1.90. The van der Waals surface area contributed by atoms with Crippen LogP contribution in [0.2, 0.25) is 0 Å². The number of aryl methyl sites for hydroxylation is 1. The van der Waals surface area contributed by atoms with E-state index in [2.05, 4.69) is 16.9 Å². The summed E-state index contributed by atoms with van der Waals surface area (Å²) in [5.41, 5.74) is 1.38. The van der Waals surface area contributed by atoms with E-state index in [9.17, 15) is 4.79 Å². The molecule has 112 valence electrons. The fraction of sp³-hybridized carbons (Fsp3) is 0.533. The molecule has 0 saturated carbocycles. The number of carboxylic acids is 1. The summed E-state index contributed by atoms with van der Waals surface area (Å²) < 4.78 is 0. The summed E-state index contributed by atoms with van der Waals surface area (Å²) in [5, 5.41) is 9.98. The van der Waals surface area contributed by atoms with E-state index in [1.165, 1.54) is 16.9 Å². The van der Waals surface area contributed by atoms with Crippen LogP contribution in [-0.4, -0.2) is 34.6 Å². The molecule has 0 amide bonds. The van der Waals surface area contributed by atoms with E-state index in [0.717, 1.165) is 34.8 Å². The molecule has 0 saturated heterocycles. The van der Waals surface area contributed by atoms with Gasteiger partial charge in [-0.1, -0.05) is 6.92 Å². The number of carbonyl (C=O) groups is 1. The van der Waals surface area contributed by atoms with Crippen LogP contribution < -0.4 is 4.90 Å². The Morgan fingerprint density at radius 2 is 2.33 bits per heavy atom. The van der Waals surface area contributed by atoms with Gasteiger partial charge in [0.1, 0.15) is 17.0 Å². The van der Waals surface area contributed by atoms with Crippen molar-refractivity contribution in [1.29, 1.82) is 0 Å². The van der Waals surface area contributed by atoms with Crippen molar-refractivity contribution in [2.45, 2.75) is 32.6 Å². The highest BCUT2D eigenvalue weighted by Crippen LogP contribution is 2.40. The normalized spacial score (nSPS) is 17.7. The molecule has 0 radical (unpaired) electrons. The molecule has 5 nitrogen and oxygen atoms in total. The maximum absolute atomic E-state index is 10.8. The summed E-state index contributed by atoms with van der Waals surface area (Å²) in [6, 6.07) is 0. The predicted octanol–water partition coefficient (Wildman–Crippen LogP) is 2.73. The molecule has 3 rings (SSSR count). The first-order valence-corrected chi connectivity index (χ1v) is 8.06. The number of thiophene rings is 1. The molecule has 0 bridgehead atoms. The van der Waals surface area contributed by atoms with Gasteiger partial charge in [0, 0.05) is 18.5 Å². The molecule has 6 heteroatoms. The topological polar surface area (TPSA) is 66.3 Å². The summed E-state index contributed by atoms with van der Waals surface area (Å²) in [4.78, 5) is 24.0. The summed E-state index contributed by atoms with van der Waals surface area (Å²) in [6.07, 6.45) is 5.09. The number of hydrogen-bond donors (Lipinski definition) is 1. The maximum Gasteiger partial charge on any atom is 0.305 e. The molecular weight excluding hydrogens is 286 g/mol. The monoisotopic (exact) mass is 305 g/mol. The Morgan fingerprint density at radius 1 is 1.52 bits per heavy atom. The minimum Gasteiger partial charge on any atom is -0.481 e. The van der Waals surface area contributed by atoms with E-state index in [1.807, 2.05) is 11.9 Å². The molecule has 2 heterocycles. The Balaban J connectivity index is 2.01. The lowest BCUT2D eigenvalue weighted by molar-refractivity contribution is -0.136. The van der Waals surface area contributed by atoms with Crippen LogP contribution in [0, 0.1) is 5.92 Å². The molecule has 0 aliphatic heterocycles. The third kappa shape index (κ3) is 2.72. The first-order chi connectivity index (χ1) is 10.1. The average molecular weight is 305 g/mol. The van der Waals surface area contributed by atoms with Crippen LogP contribution in [0.15, 0.2) is 6.33 Å². The molecular formula is C15H19N3O2S. The summed E-state index contributed by atoms with van der Waals surface area (Å²) >= 11 is 1.77. The summed E-state index contributed by atoms with van der Waals surface area (Å²) in [6.45, 7) is 2.75. The van der Waals surface area contributed by atoms with Crippen molar-refractivity contribution in [3.63, 3.8) is 0 Å². The second kappa shape index (κ2) is 5.60. The summed E-state index contributed by atoms with van der Waals surface area (Å²) in [5.74, 6) is 0.813. The van der Waals surface area contributed by atoms with Gasteiger partial charge in [0.05, 0.1) is 11.8 Å². The Kier molecular flexibility index (Phi) is 3.80. The van der Waals surface area contributed by atoms with Crippen LogP contribution in [-0.2, 0) is 17.6 Å². The highest BCUT2D eigenvalue weighted by molar-refractivity contribution is 7.19. The minimum atomic E-state index is -0.784. The van der Waals surface area contributed by atoms with Gasteiger partial charge in [-0.05, 0) is 30.7 Å². The lowest BCUT2D eigenvalue weighted by Gasteiger charge is -2.21. The largest absolute Gasteiger partial charge is 0.481 e. The zero-order valence-corrected chi connectivity index (χ0v) is 13.1. The first-order valence-electron chi connectivity index (χ1n) is 7.24. The lowest BCUT2D eigenvalue weighted by atomic mass is 9.89. The van der Waals surface area contributed by atoms with Crippen molar-refractivity contribution in [1.82, 2.24) is 9.97 Å². The molecule has 1 atom stereocenters. The molecule has 1 unspecified atom stereocenters. The second-order valence-corrected chi connectivity index (χ2v) is 6.88. The van der Waals surface area contributed by atoms with Gasteiger partial charge in [-0.3, -0.25) is 4.79 Å². The smallest absolute Gasteiger partial charge is 0.305 e. The van der Waals surface area contributed by atoms with Crippen LogP contribution in [0.3, 0.4) is 0 Å². The number of aliphatic carboxylic acids is 1. The van der Waals surface area contributed by atoms with E-state index in [1.54, 1.807) is 17.7 Å². The minimum absolute atomic E-state index is 0.116. The van der Waals surface area contributed by atoms with Crippen molar-refractivity contribution in [2.75, 3.05) is 18.5 Å². The molecule has 0 aromatic carbocycles. The molecule has 1 aliphatic carbocycles. The van der Waals surface area contributed by atoms with Crippen molar-refractivity contribution in [2.24, 2.45) is 5.92 Å². The van der Waals surface area contributed by atoms with Crippen LogP contribution in [0.4, 0.5) is 5.82 Å². The van der Waals surface area contributed by atoms with Gasteiger partial charge in [0.2, 0.25) is 0 Å². The fourth-order valence-corrected chi connectivity index (χ4v) is 4.26. The Hall–Kier alpha value is -1.69. The zero-order chi connectivity index (χ0) is 15.0. The van der Waals surface area contributed by atoms with E-state index in [4.69, 9.17) is 5.11 Å². The Labute approximate surface area is 127 Å². The Morgan fingerprint density at radius 3 is 3.10 bits per heavy atom. The Bertz CT molecular complexity index is 683. The highest BCUT2D eigenvalue weighted by Gasteiger charge is 2.24. The van der Waals surface area contributed by atoms with Gasteiger partial charge in [-0.25, -0.2) is 9.97 Å². The number of carboxylic acid groups (broad SMARTS) is 1. The van der Waals surface area contributed by atoms with Crippen LogP contribution in [0.5, 0.6) is 0 Å². The SMILES string of the molecule is CC1CCc2c(sc3ncnc(N(C)CCC(=O)O)c23)C1. The van der Waals surface area contributed by atoms with E-state index < -0.39 is 5.97 Å². The number of nitrogens with zero attached hydrogens (tertiary/aromatic N) is 3. The molecule has 1 aliphatic rings. The van der Waals surface area contributed by atoms with Gasteiger partial charge in [0.15, 0.2) is 0 Å². The molecule has 2 aromatic heterocycles. The molecule has 0 fully saturated rings. The average Bonchev–Trinajstić information content (AvgIpc) is 2.81. The lowest BCUT2D eigenvalue weighted by Crippen LogP contribution is -2.22. The van der Waals surface area contributed by atoms with Crippen LogP contribution in [0.1, 0.15) is 30.2 Å². The van der Waals surface area contributed by atoms with E-state index >= 15 is 0 Å². The number of fused-ring (bicyclic) bond motifs is 3. The van der Waals surface area contributed by atoms with Crippen LogP contribution in [0.25, 0.3) is 10.2 Å². The maximum atomic E-state index is 10.8. The number of aromatic nitrogens is 2. The third-order valence-electron chi connectivity index (χ3n) is 4.09. The van der Waals surface area contributed by atoms with Crippen molar-refractivity contribution in [3.05, 3.63) is 16.8 Å². The zero-order valence-electron chi connectivity index (χ0n) is 12.3. The van der Waals surface area contributed by atoms with Gasteiger partial charge in [-0.15, -0.1) is 11.3 Å². The number of hydrogen-bond acceptors (Lipinski definition) is 5. The highest BCUT2D eigenvalue weighted by atomic mass is 32.1. The fourth-order valence-electron chi connectivity index (χ4n) is 2.92. The third-order valence-corrected chi connectivity index (χ3v) is 5.26. The van der Waals surface area contributed by atoms with Gasteiger partial charge in [0.25, 0.3) is 0 Å². The molecule has 2 aromatic rings. The van der Waals surface area contributed by atoms with Crippen molar-refractivity contribution in [3.8, 4) is 0 Å². The van der Waals surface area contributed by atoms with E-state index in [0.29, 0.717) is 6.54 Å². The van der Waals surface area contributed by atoms with Gasteiger partial charge >= 0.3 is 5.97 Å². The predicted molar refractivity (Wildman–Crippen MR) is 84.1 cm³/mol. The first kappa shape index (κ1) is 14.3. The van der Waals surface area contributed by atoms with Crippen molar-refractivity contribution >= 4 is 33.3 Å². The standard InChI is InChI=1S/C15H19N3O2S/c1-9-3-4-10-11(7-9)21-15-13(10)14(16-8-17-15)18(2)6-5-12(19)20/h8-9H,3-7H2,1-2H3,(H,19,20). The quantitative estimate of drug-likeness (QED) is 0.941. The van der Waals surface area contributed by atoms with E-state index in [-0.39, 0.29) is 6.42 Å². The molecule has 21 heavy (non-hydrogen) atoms. The van der Waals surface area contributed by atoms with Crippen LogP contribution >= 0.6 is 11.3 Å². The number of rotatable bonds is 4. The van der Waals surface area contributed by atoms with Gasteiger partial charge in [-0.2, -0.15) is 0 Å².